The molecular formula is C16H17Cl2N3O3. The fraction of sp³-hybridized carbons (Fsp3) is 0.312. The van der Waals surface area contributed by atoms with Crippen LogP contribution in [0, 0.1) is 0 Å². The van der Waals surface area contributed by atoms with Crippen LogP contribution in [0.25, 0.3) is 0 Å². The second kappa shape index (κ2) is 7.68. The maximum Gasteiger partial charge on any atom is 0.328 e. The molecule has 0 fully saturated rings. The summed E-state index contributed by atoms with van der Waals surface area (Å²) in [4.78, 5) is 37.6. The SMILES string of the molecule is CC(CCc1ccc(Cl)c(Cl)c1)NC(=O)c1cc(=O)n(C)c(=O)[nH]1. The summed E-state index contributed by atoms with van der Waals surface area (Å²) < 4.78 is 0.893. The molecule has 128 valence electrons. The van der Waals surface area contributed by atoms with Gasteiger partial charge in [0.05, 0.1) is 10.0 Å². The molecule has 0 aliphatic rings. The van der Waals surface area contributed by atoms with E-state index in [-0.39, 0.29) is 11.7 Å². The third kappa shape index (κ3) is 4.49. The van der Waals surface area contributed by atoms with E-state index in [0.29, 0.717) is 22.9 Å². The van der Waals surface area contributed by atoms with Crippen molar-refractivity contribution in [1.82, 2.24) is 14.9 Å². The number of aryl methyl sites for hydroxylation is 1. The number of nitrogens with one attached hydrogen (secondary N) is 2. The highest BCUT2D eigenvalue weighted by Gasteiger charge is 2.13. The number of nitrogens with zero attached hydrogens (tertiary/aromatic N) is 1. The van der Waals surface area contributed by atoms with Gasteiger partial charge in [0.25, 0.3) is 11.5 Å². The number of carbonyl (C=O) groups excluding carboxylic acids is 1. The van der Waals surface area contributed by atoms with Gasteiger partial charge in [-0.25, -0.2) is 4.79 Å². The van der Waals surface area contributed by atoms with E-state index in [1.807, 2.05) is 13.0 Å². The standard InChI is InChI=1S/C16H17Cl2N3O3/c1-9(3-4-10-5-6-11(17)12(18)7-10)19-15(23)13-8-14(22)21(2)16(24)20-13/h5-9H,3-4H2,1-2H3,(H,19,23)(H,20,24). The summed E-state index contributed by atoms with van der Waals surface area (Å²) in [5, 5.41) is 3.74. The molecule has 0 bridgehead atoms. The number of amides is 1. The van der Waals surface area contributed by atoms with Crippen LogP contribution in [0.4, 0.5) is 0 Å². The van der Waals surface area contributed by atoms with Crippen LogP contribution in [0.3, 0.4) is 0 Å². The lowest BCUT2D eigenvalue weighted by Gasteiger charge is -2.14. The lowest BCUT2D eigenvalue weighted by molar-refractivity contribution is 0.0932. The quantitative estimate of drug-likeness (QED) is 0.846. The highest BCUT2D eigenvalue weighted by atomic mass is 35.5. The van der Waals surface area contributed by atoms with Crippen LogP contribution in [-0.4, -0.2) is 21.5 Å². The Morgan fingerprint density at radius 1 is 1.25 bits per heavy atom. The monoisotopic (exact) mass is 369 g/mol. The van der Waals surface area contributed by atoms with Crippen LogP contribution in [-0.2, 0) is 13.5 Å². The van der Waals surface area contributed by atoms with Crippen molar-refractivity contribution in [2.45, 2.75) is 25.8 Å². The number of H-pyrrole nitrogens is 1. The molecule has 2 N–H and O–H groups in total. The summed E-state index contributed by atoms with van der Waals surface area (Å²) in [6.07, 6.45) is 1.37. The minimum absolute atomic E-state index is 0.0514. The van der Waals surface area contributed by atoms with Crippen molar-refractivity contribution in [2.75, 3.05) is 0 Å². The number of aromatic amines is 1. The van der Waals surface area contributed by atoms with E-state index in [1.54, 1.807) is 12.1 Å². The van der Waals surface area contributed by atoms with Gasteiger partial charge in [-0.2, -0.15) is 0 Å². The summed E-state index contributed by atoms with van der Waals surface area (Å²) in [6, 6.07) is 6.34. The van der Waals surface area contributed by atoms with Crippen LogP contribution in [0.5, 0.6) is 0 Å². The summed E-state index contributed by atoms with van der Waals surface area (Å²) in [6.45, 7) is 1.84. The van der Waals surface area contributed by atoms with Crippen LogP contribution >= 0.6 is 23.2 Å². The molecular weight excluding hydrogens is 353 g/mol. The number of aromatic nitrogens is 2. The third-order valence-electron chi connectivity index (χ3n) is 3.62. The van der Waals surface area contributed by atoms with Gasteiger partial charge in [0.1, 0.15) is 5.69 Å². The van der Waals surface area contributed by atoms with Crippen molar-refractivity contribution in [3.8, 4) is 0 Å². The average Bonchev–Trinajstić information content (AvgIpc) is 2.53. The molecule has 0 saturated carbocycles. The summed E-state index contributed by atoms with van der Waals surface area (Å²) >= 11 is 11.8. The molecule has 0 spiro atoms. The van der Waals surface area contributed by atoms with E-state index in [9.17, 15) is 14.4 Å². The Balaban J connectivity index is 1.97. The Kier molecular flexibility index (Phi) is 5.85. The predicted octanol–water partition coefficient (Wildman–Crippen LogP) is 2.13. The number of rotatable bonds is 5. The highest BCUT2D eigenvalue weighted by Crippen LogP contribution is 2.23. The van der Waals surface area contributed by atoms with Gasteiger partial charge in [-0.05, 0) is 37.5 Å². The van der Waals surface area contributed by atoms with Crippen molar-refractivity contribution in [1.29, 1.82) is 0 Å². The first kappa shape index (κ1) is 18.3. The van der Waals surface area contributed by atoms with E-state index in [0.717, 1.165) is 16.2 Å². The lowest BCUT2D eigenvalue weighted by Crippen LogP contribution is -2.39. The molecule has 0 radical (unpaired) electrons. The van der Waals surface area contributed by atoms with Crippen molar-refractivity contribution < 1.29 is 4.79 Å². The maximum atomic E-state index is 12.1. The Bertz CT molecular complexity index is 842. The van der Waals surface area contributed by atoms with Crippen LogP contribution < -0.4 is 16.6 Å². The highest BCUT2D eigenvalue weighted by molar-refractivity contribution is 6.42. The zero-order valence-corrected chi connectivity index (χ0v) is 14.7. The number of hydrogen-bond acceptors (Lipinski definition) is 3. The van der Waals surface area contributed by atoms with E-state index in [1.165, 1.54) is 7.05 Å². The van der Waals surface area contributed by atoms with E-state index in [2.05, 4.69) is 10.3 Å². The van der Waals surface area contributed by atoms with Crippen molar-refractivity contribution in [3.05, 3.63) is 66.4 Å². The smallest absolute Gasteiger partial charge is 0.328 e. The predicted molar refractivity (Wildman–Crippen MR) is 94.0 cm³/mol. The molecule has 24 heavy (non-hydrogen) atoms. The summed E-state index contributed by atoms with van der Waals surface area (Å²) in [5.74, 6) is -0.494. The Hall–Kier alpha value is -2.05. The molecule has 1 amide bonds. The molecule has 0 saturated heterocycles. The number of benzene rings is 1. The van der Waals surface area contributed by atoms with Gasteiger partial charge in [0, 0.05) is 19.2 Å². The Morgan fingerprint density at radius 3 is 2.58 bits per heavy atom. The van der Waals surface area contributed by atoms with Gasteiger partial charge in [0.2, 0.25) is 0 Å². The first-order valence-corrected chi connectivity index (χ1v) is 8.08. The van der Waals surface area contributed by atoms with Gasteiger partial charge in [-0.3, -0.25) is 14.2 Å². The van der Waals surface area contributed by atoms with E-state index >= 15 is 0 Å². The van der Waals surface area contributed by atoms with E-state index in [4.69, 9.17) is 23.2 Å². The molecule has 1 aromatic carbocycles. The van der Waals surface area contributed by atoms with Crippen LogP contribution in [0.15, 0.2) is 33.9 Å². The van der Waals surface area contributed by atoms with E-state index < -0.39 is 17.2 Å². The van der Waals surface area contributed by atoms with Crippen LogP contribution in [0.1, 0.15) is 29.4 Å². The number of carbonyl (C=O) groups is 1. The fourth-order valence-corrected chi connectivity index (χ4v) is 2.45. The van der Waals surface area contributed by atoms with Gasteiger partial charge in [-0.15, -0.1) is 0 Å². The van der Waals surface area contributed by atoms with Crippen molar-refractivity contribution in [3.63, 3.8) is 0 Å². The van der Waals surface area contributed by atoms with Crippen molar-refractivity contribution >= 4 is 29.1 Å². The summed E-state index contributed by atoms with van der Waals surface area (Å²) in [5.41, 5.74) is -0.208. The van der Waals surface area contributed by atoms with Gasteiger partial charge >= 0.3 is 5.69 Å². The van der Waals surface area contributed by atoms with Crippen LogP contribution in [0.2, 0.25) is 10.0 Å². The Labute approximate surface area is 148 Å². The topological polar surface area (TPSA) is 84.0 Å². The second-order valence-electron chi connectivity index (χ2n) is 5.55. The molecule has 2 rings (SSSR count). The van der Waals surface area contributed by atoms with Gasteiger partial charge in [0.15, 0.2) is 0 Å². The minimum atomic E-state index is -0.629. The first-order chi connectivity index (χ1) is 11.3. The minimum Gasteiger partial charge on any atom is -0.348 e. The maximum absolute atomic E-state index is 12.1. The molecule has 8 heteroatoms. The lowest BCUT2D eigenvalue weighted by atomic mass is 10.1. The first-order valence-electron chi connectivity index (χ1n) is 7.33. The molecule has 1 unspecified atom stereocenters. The zero-order chi connectivity index (χ0) is 17.9. The molecule has 6 nitrogen and oxygen atoms in total. The van der Waals surface area contributed by atoms with Crippen molar-refractivity contribution in [2.24, 2.45) is 7.05 Å². The Morgan fingerprint density at radius 2 is 1.96 bits per heavy atom. The summed E-state index contributed by atoms with van der Waals surface area (Å²) in [7, 11) is 1.34. The normalized spacial score (nSPS) is 12.0. The largest absolute Gasteiger partial charge is 0.348 e. The molecule has 1 heterocycles. The number of halogens is 2. The molecule has 0 aliphatic carbocycles. The fourth-order valence-electron chi connectivity index (χ4n) is 2.13. The molecule has 1 atom stereocenters. The van der Waals surface area contributed by atoms with Gasteiger partial charge in [-0.1, -0.05) is 29.3 Å². The molecule has 2 aromatic rings. The average molecular weight is 370 g/mol. The zero-order valence-electron chi connectivity index (χ0n) is 13.2. The molecule has 1 aromatic heterocycles. The molecule has 0 aliphatic heterocycles. The van der Waals surface area contributed by atoms with Gasteiger partial charge < -0.3 is 10.3 Å². The number of hydrogen-bond donors (Lipinski definition) is 2. The second-order valence-corrected chi connectivity index (χ2v) is 6.36. The third-order valence-corrected chi connectivity index (χ3v) is 4.36.